The van der Waals surface area contributed by atoms with Gasteiger partial charge in [-0.25, -0.2) is 0 Å². The molecule has 10 atom stereocenters. The van der Waals surface area contributed by atoms with Crippen LogP contribution in [0.4, 0.5) is 0 Å². The summed E-state index contributed by atoms with van der Waals surface area (Å²) >= 11 is 0. The number of hydrogen-bond acceptors (Lipinski definition) is 0. The molecule has 0 N–H and O–H groups in total. The molecule has 0 spiro atoms. The fraction of sp³-hybridized carbons (Fsp3) is 1.00. The van der Waals surface area contributed by atoms with Gasteiger partial charge in [-0.05, 0) is 59.2 Å². The molecule has 0 saturated heterocycles. The molecule has 0 bridgehead atoms. The Balaban J connectivity index is 4.92. The van der Waals surface area contributed by atoms with Crippen molar-refractivity contribution in [1.29, 1.82) is 0 Å². The van der Waals surface area contributed by atoms with Gasteiger partial charge in [-0.2, -0.15) is 0 Å². The summed E-state index contributed by atoms with van der Waals surface area (Å²) in [5.74, 6) is 8.18. The minimum absolute atomic E-state index is 0.799. The highest BCUT2D eigenvalue weighted by atomic mass is 14.4. The van der Waals surface area contributed by atoms with Crippen molar-refractivity contribution < 1.29 is 0 Å². The molecule has 0 amide bonds. The van der Waals surface area contributed by atoms with Crippen molar-refractivity contribution in [3.8, 4) is 0 Å². The lowest BCUT2D eigenvalue weighted by Crippen LogP contribution is -2.34. The van der Waals surface area contributed by atoms with E-state index in [1.165, 1.54) is 19.3 Å². The van der Waals surface area contributed by atoms with Crippen LogP contribution < -0.4 is 0 Å². The van der Waals surface area contributed by atoms with Gasteiger partial charge in [0.15, 0.2) is 0 Å². The van der Waals surface area contributed by atoms with Gasteiger partial charge in [0, 0.05) is 0 Å². The summed E-state index contributed by atoms with van der Waals surface area (Å²) in [4.78, 5) is 0. The van der Waals surface area contributed by atoms with E-state index in [1.54, 1.807) is 0 Å². The molecule has 0 aromatic rings. The van der Waals surface area contributed by atoms with Crippen LogP contribution in [-0.4, -0.2) is 0 Å². The van der Waals surface area contributed by atoms with Crippen LogP contribution in [0, 0.1) is 59.2 Å². The Bertz CT molecular complexity index is 333. The van der Waals surface area contributed by atoms with Gasteiger partial charge in [0.2, 0.25) is 0 Å². The highest BCUT2D eigenvalue weighted by molar-refractivity contribution is 4.83. The van der Waals surface area contributed by atoms with E-state index in [0.29, 0.717) is 0 Å². The van der Waals surface area contributed by atoms with Gasteiger partial charge < -0.3 is 0 Å². The first-order valence-electron chi connectivity index (χ1n) is 11.5. The first-order valence-corrected chi connectivity index (χ1v) is 11.5. The Morgan fingerprint density at radius 2 is 0.680 bits per heavy atom. The van der Waals surface area contributed by atoms with Gasteiger partial charge in [0.05, 0.1) is 0 Å². The van der Waals surface area contributed by atoms with Gasteiger partial charge in [-0.3, -0.25) is 0 Å². The van der Waals surface area contributed by atoms with Crippen LogP contribution in [0.15, 0.2) is 0 Å². The van der Waals surface area contributed by atoms with E-state index in [4.69, 9.17) is 0 Å². The van der Waals surface area contributed by atoms with E-state index in [0.717, 1.165) is 59.2 Å². The molecule has 0 radical (unpaired) electrons. The topological polar surface area (TPSA) is 0 Å². The maximum atomic E-state index is 2.53. The monoisotopic (exact) mass is 352 g/mol. The Kier molecular flexibility index (Phi) is 11.7. The van der Waals surface area contributed by atoms with Gasteiger partial charge in [0.1, 0.15) is 0 Å². The van der Waals surface area contributed by atoms with Crippen LogP contribution in [0.25, 0.3) is 0 Å². The second-order valence-electron chi connectivity index (χ2n) is 10.0. The summed E-state index contributed by atoms with van der Waals surface area (Å²) in [6.45, 7) is 29.7. The zero-order valence-electron chi connectivity index (χ0n) is 19.9. The van der Waals surface area contributed by atoms with Crippen molar-refractivity contribution in [2.45, 2.75) is 102 Å². The Morgan fingerprint density at radius 1 is 0.400 bits per heavy atom. The third kappa shape index (κ3) is 6.91. The summed E-state index contributed by atoms with van der Waals surface area (Å²) < 4.78 is 0. The molecule has 10 unspecified atom stereocenters. The first-order chi connectivity index (χ1) is 11.5. The van der Waals surface area contributed by atoms with Gasteiger partial charge in [-0.15, -0.1) is 0 Å². The molecule has 0 aliphatic heterocycles. The molecule has 0 rings (SSSR count). The minimum Gasteiger partial charge on any atom is -0.0654 e. The molecule has 0 aromatic heterocycles. The van der Waals surface area contributed by atoms with Crippen LogP contribution in [0.3, 0.4) is 0 Å². The van der Waals surface area contributed by atoms with Crippen molar-refractivity contribution in [3.63, 3.8) is 0 Å². The van der Waals surface area contributed by atoms with Crippen LogP contribution in [-0.2, 0) is 0 Å². The number of rotatable bonds is 12. The standard InChI is InChI=1S/C25H52/c1-13-15-17(4)19(6)21(8)23(10)25(12)24(11)22(9)20(7)18(5)16(3)14-2/h16-25H,13-15H2,1-12H3. The van der Waals surface area contributed by atoms with E-state index in [9.17, 15) is 0 Å². The average molecular weight is 353 g/mol. The number of hydrogen-bond donors (Lipinski definition) is 0. The predicted molar refractivity (Wildman–Crippen MR) is 117 cm³/mol. The molecular formula is C25H52. The fourth-order valence-electron chi connectivity index (χ4n) is 5.00. The molecule has 0 heterocycles. The summed E-state index contributed by atoms with van der Waals surface area (Å²) in [7, 11) is 0. The van der Waals surface area contributed by atoms with E-state index < -0.39 is 0 Å². The lowest BCUT2D eigenvalue weighted by molar-refractivity contribution is 0.0804. The normalized spacial score (nSPS) is 24.5. The zero-order valence-corrected chi connectivity index (χ0v) is 19.9. The second-order valence-corrected chi connectivity index (χ2v) is 10.0. The second kappa shape index (κ2) is 11.7. The van der Waals surface area contributed by atoms with Gasteiger partial charge in [-0.1, -0.05) is 102 Å². The largest absolute Gasteiger partial charge is 0.0654 e. The summed E-state index contributed by atoms with van der Waals surface area (Å²) in [6.07, 6.45) is 4.01. The van der Waals surface area contributed by atoms with Crippen molar-refractivity contribution in [2.75, 3.05) is 0 Å². The summed E-state index contributed by atoms with van der Waals surface area (Å²) in [5.41, 5.74) is 0. The molecule has 0 aromatic carbocycles. The van der Waals surface area contributed by atoms with Crippen molar-refractivity contribution in [1.82, 2.24) is 0 Å². The van der Waals surface area contributed by atoms with Crippen LogP contribution in [0.1, 0.15) is 102 Å². The maximum Gasteiger partial charge on any atom is -0.0386 e. The van der Waals surface area contributed by atoms with Gasteiger partial charge in [0.25, 0.3) is 0 Å². The van der Waals surface area contributed by atoms with Crippen molar-refractivity contribution in [3.05, 3.63) is 0 Å². The van der Waals surface area contributed by atoms with Crippen LogP contribution in [0.5, 0.6) is 0 Å². The average Bonchev–Trinajstić information content (AvgIpc) is 2.62. The summed E-state index contributed by atoms with van der Waals surface area (Å²) in [5, 5.41) is 0. The third-order valence-corrected chi connectivity index (χ3v) is 8.99. The highest BCUT2D eigenvalue weighted by Crippen LogP contribution is 2.41. The smallest absolute Gasteiger partial charge is 0.0386 e. The highest BCUT2D eigenvalue weighted by Gasteiger charge is 2.34. The quantitative estimate of drug-likeness (QED) is 0.330. The van der Waals surface area contributed by atoms with Crippen molar-refractivity contribution in [2.24, 2.45) is 59.2 Å². The molecule has 0 nitrogen and oxygen atoms in total. The molecule has 0 fully saturated rings. The summed E-state index contributed by atoms with van der Waals surface area (Å²) in [6, 6.07) is 0. The molecule has 0 heteroatoms. The molecule has 0 aliphatic carbocycles. The Labute approximate surface area is 161 Å². The maximum absolute atomic E-state index is 2.53. The molecule has 0 saturated carbocycles. The molecular weight excluding hydrogens is 300 g/mol. The lowest BCUT2D eigenvalue weighted by atomic mass is 9.65. The molecule has 25 heavy (non-hydrogen) atoms. The SMILES string of the molecule is CCCC(C)C(C)C(C)C(C)C(C)C(C)C(C)C(C)C(C)C(C)CC. The van der Waals surface area contributed by atoms with E-state index in [-0.39, 0.29) is 0 Å². The lowest BCUT2D eigenvalue weighted by Gasteiger charge is -2.41. The first kappa shape index (κ1) is 25.0. The van der Waals surface area contributed by atoms with E-state index in [1.807, 2.05) is 0 Å². The van der Waals surface area contributed by atoms with E-state index in [2.05, 4.69) is 83.1 Å². The van der Waals surface area contributed by atoms with Crippen molar-refractivity contribution >= 4 is 0 Å². The zero-order chi connectivity index (χ0) is 19.9. The molecule has 152 valence electrons. The van der Waals surface area contributed by atoms with Gasteiger partial charge >= 0.3 is 0 Å². The molecule has 0 aliphatic rings. The third-order valence-electron chi connectivity index (χ3n) is 8.99. The Hall–Kier alpha value is 0. The fourth-order valence-corrected chi connectivity index (χ4v) is 5.00. The van der Waals surface area contributed by atoms with E-state index >= 15 is 0 Å². The Morgan fingerprint density at radius 3 is 0.960 bits per heavy atom. The predicted octanol–water partition coefficient (Wildman–Crippen LogP) is 8.56. The van der Waals surface area contributed by atoms with Crippen LogP contribution >= 0.6 is 0 Å². The minimum atomic E-state index is 0.799. The van der Waals surface area contributed by atoms with Crippen LogP contribution in [0.2, 0.25) is 0 Å².